The van der Waals surface area contributed by atoms with Crippen molar-refractivity contribution < 1.29 is 14.3 Å². The van der Waals surface area contributed by atoms with E-state index in [1.807, 2.05) is 4.90 Å². The minimum atomic E-state index is -0.266. The molecule has 1 N–H and O–H groups in total. The Hall–Kier alpha value is -2.45. The van der Waals surface area contributed by atoms with Crippen LogP contribution in [0.3, 0.4) is 0 Å². The summed E-state index contributed by atoms with van der Waals surface area (Å²) in [6.07, 6.45) is 0. The van der Waals surface area contributed by atoms with Crippen LogP contribution in [0.25, 0.3) is 0 Å². The molecule has 0 radical (unpaired) electrons. The molecular formula is C18H22N4O3S. The summed E-state index contributed by atoms with van der Waals surface area (Å²) in [7, 11) is 1.57. The molecule has 0 spiro atoms. The molecule has 2 aromatic rings. The van der Waals surface area contributed by atoms with Crippen molar-refractivity contribution in [1.82, 2.24) is 14.8 Å². The summed E-state index contributed by atoms with van der Waals surface area (Å²) in [5.41, 5.74) is 0.884. The highest BCUT2D eigenvalue weighted by Gasteiger charge is 2.23. The third-order valence-corrected chi connectivity index (χ3v) is 5.16. The van der Waals surface area contributed by atoms with Gasteiger partial charge in [0.1, 0.15) is 11.4 Å². The van der Waals surface area contributed by atoms with Crippen LogP contribution in [-0.2, 0) is 0 Å². The minimum Gasteiger partial charge on any atom is -0.497 e. The summed E-state index contributed by atoms with van der Waals surface area (Å²) >= 11 is 1.25. The Labute approximate surface area is 156 Å². The molecule has 26 heavy (non-hydrogen) atoms. The third kappa shape index (κ3) is 4.20. The lowest BCUT2D eigenvalue weighted by Gasteiger charge is -2.33. The molecule has 0 atom stereocenters. The Morgan fingerprint density at radius 3 is 2.50 bits per heavy atom. The number of carbonyl (C=O) groups excluding carboxylic acids is 2. The number of thiazole rings is 1. The molecule has 0 saturated carbocycles. The smallest absolute Gasteiger partial charge is 0.273 e. The number of aromatic nitrogens is 1. The highest BCUT2D eigenvalue weighted by Crippen LogP contribution is 2.19. The fourth-order valence-electron chi connectivity index (χ4n) is 2.77. The van der Waals surface area contributed by atoms with Gasteiger partial charge in [0.25, 0.3) is 11.8 Å². The van der Waals surface area contributed by atoms with Crippen molar-refractivity contribution in [2.45, 2.75) is 6.92 Å². The Bertz CT molecular complexity index is 767. The molecule has 1 aromatic heterocycles. The lowest BCUT2D eigenvalue weighted by atomic mass is 10.2. The average Bonchev–Trinajstić information content (AvgIpc) is 3.16. The van der Waals surface area contributed by atoms with Crippen molar-refractivity contribution in [1.29, 1.82) is 0 Å². The van der Waals surface area contributed by atoms with E-state index < -0.39 is 0 Å². The highest BCUT2D eigenvalue weighted by molar-refractivity contribution is 7.14. The first-order valence-corrected chi connectivity index (χ1v) is 9.41. The largest absolute Gasteiger partial charge is 0.497 e. The zero-order valence-electron chi connectivity index (χ0n) is 14.9. The van der Waals surface area contributed by atoms with E-state index in [2.05, 4.69) is 22.1 Å². The predicted molar refractivity (Wildman–Crippen MR) is 101 cm³/mol. The fraction of sp³-hybridized carbons (Fsp3) is 0.389. The van der Waals surface area contributed by atoms with E-state index in [0.717, 1.165) is 19.6 Å². The standard InChI is InChI=1S/C18H22N4O3S/c1-3-21-8-10-22(11-9-21)17(24)15-12-26-18(19-15)20-16(23)13-4-6-14(25-2)7-5-13/h4-7,12H,3,8-11H2,1-2H3,(H,19,20,23). The van der Waals surface area contributed by atoms with Gasteiger partial charge < -0.3 is 14.5 Å². The summed E-state index contributed by atoms with van der Waals surface area (Å²) in [4.78, 5) is 33.2. The Morgan fingerprint density at radius 1 is 1.19 bits per heavy atom. The molecule has 1 aromatic carbocycles. The second kappa shape index (κ2) is 8.29. The van der Waals surface area contributed by atoms with Crippen LogP contribution in [0.1, 0.15) is 27.8 Å². The van der Waals surface area contributed by atoms with Gasteiger partial charge in [-0.1, -0.05) is 6.92 Å². The van der Waals surface area contributed by atoms with Crippen molar-refractivity contribution >= 4 is 28.3 Å². The number of benzene rings is 1. The predicted octanol–water partition coefficient (Wildman–Crippen LogP) is 2.18. The van der Waals surface area contributed by atoms with Crippen LogP contribution in [0.5, 0.6) is 5.75 Å². The van der Waals surface area contributed by atoms with Crippen LogP contribution in [0.15, 0.2) is 29.6 Å². The van der Waals surface area contributed by atoms with E-state index in [0.29, 0.717) is 35.2 Å². The van der Waals surface area contributed by atoms with Crippen LogP contribution in [-0.4, -0.2) is 66.4 Å². The van der Waals surface area contributed by atoms with E-state index in [1.54, 1.807) is 36.8 Å². The molecule has 2 heterocycles. The number of nitrogens with one attached hydrogen (secondary N) is 1. The normalized spacial score (nSPS) is 14.9. The number of hydrogen-bond acceptors (Lipinski definition) is 6. The molecule has 7 nitrogen and oxygen atoms in total. The zero-order chi connectivity index (χ0) is 18.5. The first-order chi connectivity index (χ1) is 12.6. The summed E-state index contributed by atoms with van der Waals surface area (Å²) in [6.45, 7) is 6.30. The van der Waals surface area contributed by atoms with Gasteiger partial charge in [-0.15, -0.1) is 11.3 Å². The number of amides is 2. The molecule has 2 amide bonds. The second-order valence-corrected chi connectivity index (χ2v) is 6.81. The van der Waals surface area contributed by atoms with E-state index in [9.17, 15) is 9.59 Å². The van der Waals surface area contributed by atoms with Crippen LogP contribution in [0.2, 0.25) is 0 Å². The number of rotatable bonds is 5. The molecule has 138 valence electrons. The van der Waals surface area contributed by atoms with E-state index >= 15 is 0 Å². The lowest BCUT2D eigenvalue weighted by molar-refractivity contribution is 0.0638. The minimum absolute atomic E-state index is 0.0815. The third-order valence-electron chi connectivity index (χ3n) is 4.40. The van der Waals surface area contributed by atoms with Crippen LogP contribution < -0.4 is 10.1 Å². The summed E-state index contributed by atoms with van der Waals surface area (Å²) < 4.78 is 5.08. The maximum Gasteiger partial charge on any atom is 0.273 e. The van der Waals surface area contributed by atoms with Gasteiger partial charge in [0, 0.05) is 37.1 Å². The number of hydrogen-bond donors (Lipinski definition) is 1. The molecular weight excluding hydrogens is 352 g/mol. The van der Waals surface area contributed by atoms with E-state index in [4.69, 9.17) is 4.74 Å². The van der Waals surface area contributed by atoms with E-state index in [1.165, 1.54) is 11.3 Å². The monoisotopic (exact) mass is 374 g/mol. The molecule has 1 aliphatic rings. The zero-order valence-corrected chi connectivity index (χ0v) is 15.7. The van der Waals surface area contributed by atoms with Crippen molar-refractivity contribution in [3.8, 4) is 5.75 Å². The molecule has 1 fully saturated rings. The van der Waals surface area contributed by atoms with Gasteiger partial charge in [-0.25, -0.2) is 4.98 Å². The van der Waals surface area contributed by atoms with Gasteiger partial charge in [-0.2, -0.15) is 0 Å². The van der Waals surface area contributed by atoms with Crippen molar-refractivity contribution in [2.75, 3.05) is 45.2 Å². The topological polar surface area (TPSA) is 74.8 Å². The van der Waals surface area contributed by atoms with Crippen LogP contribution in [0.4, 0.5) is 5.13 Å². The maximum atomic E-state index is 12.6. The molecule has 0 unspecified atom stereocenters. The SMILES string of the molecule is CCN1CCN(C(=O)c2csc(NC(=O)c3ccc(OC)cc3)n2)CC1. The summed E-state index contributed by atoms with van der Waals surface area (Å²) in [6, 6.07) is 6.81. The molecule has 0 bridgehead atoms. The first kappa shape index (κ1) is 18.3. The van der Waals surface area contributed by atoms with Crippen molar-refractivity contribution in [2.24, 2.45) is 0 Å². The number of ether oxygens (including phenoxy) is 1. The Balaban J connectivity index is 1.60. The van der Waals surface area contributed by atoms with E-state index in [-0.39, 0.29) is 11.8 Å². The number of likely N-dealkylation sites (N-methyl/N-ethyl adjacent to an activating group) is 1. The first-order valence-electron chi connectivity index (χ1n) is 8.53. The molecule has 3 rings (SSSR count). The summed E-state index contributed by atoms with van der Waals surface area (Å²) in [5.74, 6) is 0.339. The van der Waals surface area contributed by atoms with Crippen molar-refractivity contribution in [3.63, 3.8) is 0 Å². The lowest BCUT2D eigenvalue weighted by Crippen LogP contribution is -2.48. The number of anilines is 1. The number of nitrogens with zero attached hydrogens (tertiary/aromatic N) is 3. The molecule has 1 aliphatic heterocycles. The van der Waals surface area contributed by atoms with Crippen molar-refractivity contribution in [3.05, 3.63) is 40.9 Å². The van der Waals surface area contributed by atoms with Gasteiger partial charge in [0.05, 0.1) is 7.11 Å². The fourth-order valence-corrected chi connectivity index (χ4v) is 3.45. The quantitative estimate of drug-likeness (QED) is 0.868. The highest BCUT2D eigenvalue weighted by atomic mass is 32.1. The van der Waals surface area contributed by atoms with Gasteiger partial charge in [0.15, 0.2) is 5.13 Å². The molecule has 8 heteroatoms. The van der Waals surface area contributed by atoms with Gasteiger partial charge >= 0.3 is 0 Å². The van der Waals surface area contributed by atoms with Gasteiger partial charge in [-0.05, 0) is 30.8 Å². The number of methoxy groups -OCH3 is 1. The Kier molecular flexibility index (Phi) is 5.85. The maximum absolute atomic E-state index is 12.6. The van der Waals surface area contributed by atoms with Gasteiger partial charge in [-0.3, -0.25) is 14.9 Å². The van der Waals surface area contributed by atoms with Crippen LogP contribution >= 0.6 is 11.3 Å². The number of carbonyl (C=O) groups is 2. The van der Waals surface area contributed by atoms with Gasteiger partial charge in [0.2, 0.25) is 0 Å². The van der Waals surface area contributed by atoms with Crippen LogP contribution in [0, 0.1) is 0 Å². The molecule has 1 saturated heterocycles. The Morgan fingerprint density at radius 2 is 1.88 bits per heavy atom. The average molecular weight is 374 g/mol. The summed E-state index contributed by atoms with van der Waals surface area (Å²) in [5, 5.41) is 4.85. The second-order valence-electron chi connectivity index (χ2n) is 5.95. The number of piperazine rings is 1. The molecule has 0 aliphatic carbocycles.